The number of aliphatic carboxylic acids is 1. The summed E-state index contributed by atoms with van der Waals surface area (Å²) in [5.74, 6) is -2.15. The summed E-state index contributed by atoms with van der Waals surface area (Å²) in [6.45, 7) is 1.54. The Hall–Kier alpha value is -2.50. The van der Waals surface area contributed by atoms with Gasteiger partial charge in [0.2, 0.25) is 0 Å². The number of hydrogen-bond donors (Lipinski definition) is 2. The van der Waals surface area contributed by atoms with Crippen molar-refractivity contribution in [3.8, 4) is 0 Å². The van der Waals surface area contributed by atoms with Crippen molar-refractivity contribution in [2.75, 3.05) is 6.54 Å². The summed E-state index contributed by atoms with van der Waals surface area (Å²) >= 11 is 0. The summed E-state index contributed by atoms with van der Waals surface area (Å²) in [5.41, 5.74) is 1.75. The summed E-state index contributed by atoms with van der Waals surface area (Å²) in [4.78, 5) is 27.8. The maximum Gasteiger partial charge on any atom is 0.308 e. The lowest BCUT2D eigenvalue weighted by atomic mass is 10.0. The van der Waals surface area contributed by atoms with Crippen LogP contribution in [0.15, 0.2) is 24.3 Å². The molecule has 1 saturated carbocycles. The van der Waals surface area contributed by atoms with E-state index < -0.39 is 23.6 Å². The molecule has 1 heterocycles. The summed E-state index contributed by atoms with van der Waals surface area (Å²) in [7, 11) is 0. The van der Waals surface area contributed by atoms with Crippen molar-refractivity contribution < 1.29 is 19.1 Å². The van der Waals surface area contributed by atoms with Crippen LogP contribution in [-0.4, -0.2) is 28.5 Å². The largest absolute Gasteiger partial charge is 0.481 e. The Kier molecular flexibility index (Phi) is 3.98. The van der Waals surface area contributed by atoms with Gasteiger partial charge in [0.05, 0.1) is 17.0 Å². The second kappa shape index (κ2) is 5.95. The normalized spacial score (nSPS) is 15.4. The Morgan fingerprint density at radius 2 is 2.13 bits per heavy atom. The fourth-order valence-corrected chi connectivity index (χ4v) is 2.42. The average molecular weight is 316 g/mol. The van der Waals surface area contributed by atoms with Gasteiger partial charge in [-0.2, -0.15) is 0 Å². The molecule has 1 aliphatic carbocycles. The molecule has 1 unspecified atom stereocenters. The summed E-state index contributed by atoms with van der Waals surface area (Å²) in [6.07, 6.45) is 2.08. The Balaban J connectivity index is 1.95. The molecule has 3 rings (SSSR count). The van der Waals surface area contributed by atoms with Crippen LogP contribution in [0.25, 0.3) is 10.9 Å². The minimum absolute atomic E-state index is 0.0199. The summed E-state index contributed by atoms with van der Waals surface area (Å²) < 4.78 is 13.5. The lowest BCUT2D eigenvalue weighted by Gasteiger charge is -2.12. The number of carbonyl (C=O) groups excluding carboxylic acids is 1. The Labute approximate surface area is 132 Å². The van der Waals surface area contributed by atoms with Gasteiger partial charge in [0.15, 0.2) is 0 Å². The second-order valence-corrected chi connectivity index (χ2v) is 5.98. The third-order valence-corrected chi connectivity index (χ3v) is 4.02. The van der Waals surface area contributed by atoms with Crippen LogP contribution in [0.2, 0.25) is 0 Å². The van der Waals surface area contributed by atoms with Crippen LogP contribution in [-0.2, 0) is 4.79 Å². The number of nitrogens with zero attached hydrogens (tertiary/aromatic N) is 1. The predicted molar refractivity (Wildman–Crippen MR) is 82.8 cm³/mol. The van der Waals surface area contributed by atoms with Crippen LogP contribution < -0.4 is 5.32 Å². The number of rotatable bonds is 5. The van der Waals surface area contributed by atoms with Crippen molar-refractivity contribution >= 4 is 22.8 Å². The highest BCUT2D eigenvalue weighted by Crippen LogP contribution is 2.40. The zero-order valence-corrected chi connectivity index (χ0v) is 12.7. The van der Waals surface area contributed by atoms with Gasteiger partial charge in [-0.05, 0) is 37.1 Å². The molecular weight excluding hydrogens is 299 g/mol. The van der Waals surface area contributed by atoms with Gasteiger partial charge in [0.1, 0.15) is 5.82 Å². The standard InChI is InChI=1S/C17H17FN2O3/c1-9(17(22)23)8-19-16(21)13-7-15(10-2-3-10)20-14-5-4-11(18)6-12(13)14/h4-7,9-10H,2-3,8H2,1H3,(H,19,21)(H,22,23). The van der Waals surface area contributed by atoms with Crippen LogP contribution in [0.4, 0.5) is 4.39 Å². The van der Waals surface area contributed by atoms with Crippen molar-refractivity contribution in [3.63, 3.8) is 0 Å². The molecule has 0 radical (unpaired) electrons. The molecule has 120 valence electrons. The van der Waals surface area contributed by atoms with Crippen LogP contribution in [0.3, 0.4) is 0 Å². The molecule has 0 spiro atoms. The molecule has 1 aromatic heterocycles. The number of carboxylic acids is 1. The number of hydrogen-bond acceptors (Lipinski definition) is 3. The molecule has 0 aliphatic heterocycles. The highest BCUT2D eigenvalue weighted by Gasteiger charge is 2.27. The number of carboxylic acid groups (broad SMARTS) is 1. The van der Waals surface area contributed by atoms with Crippen LogP contribution >= 0.6 is 0 Å². The smallest absolute Gasteiger partial charge is 0.308 e. The highest BCUT2D eigenvalue weighted by atomic mass is 19.1. The molecule has 1 aliphatic rings. The molecule has 5 nitrogen and oxygen atoms in total. The van der Waals surface area contributed by atoms with Gasteiger partial charge in [-0.3, -0.25) is 14.6 Å². The molecule has 23 heavy (non-hydrogen) atoms. The van der Waals surface area contributed by atoms with E-state index in [9.17, 15) is 14.0 Å². The molecule has 1 atom stereocenters. The predicted octanol–water partition coefficient (Wildman–Crippen LogP) is 2.70. The van der Waals surface area contributed by atoms with Gasteiger partial charge in [-0.15, -0.1) is 0 Å². The minimum atomic E-state index is -0.977. The molecule has 1 fully saturated rings. The quantitative estimate of drug-likeness (QED) is 0.889. The fourth-order valence-electron chi connectivity index (χ4n) is 2.42. The molecule has 1 aromatic carbocycles. The molecule has 6 heteroatoms. The molecular formula is C17H17FN2O3. The first kappa shape index (κ1) is 15.4. The summed E-state index contributed by atoms with van der Waals surface area (Å²) in [6, 6.07) is 5.86. The van der Waals surface area contributed by atoms with Gasteiger partial charge in [-0.25, -0.2) is 4.39 Å². The second-order valence-electron chi connectivity index (χ2n) is 5.98. The maximum absolute atomic E-state index is 13.5. The van der Waals surface area contributed by atoms with E-state index in [1.165, 1.54) is 19.1 Å². The van der Waals surface area contributed by atoms with E-state index in [2.05, 4.69) is 10.3 Å². The van der Waals surface area contributed by atoms with Crippen molar-refractivity contribution in [3.05, 3.63) is 41.3 Å². The number of aromatic nitrogens is 1. The van der Waals surface area contributed by atoms with Crippen LogP contribution in [0, 0.1) is 11.7 Å². The molecule has 0 bridgehead atoms. The van der Waals surface area contributed by atoms with Gasteiger partial charge in [0.25, 0.3) is 5.91 Å². The number of pyridine rings is 1. The number of halogens is 1. The number of amides is 1. The van der Waals surface area contributed by atoms with E-state index >= 15 is 0 Å². The van der Waals surface area contributed by atoms with E-state index in [0.29, 0.717) is 22.4 Å². The van der Waals surface area contributed by atoms with Crippen LogP contribution in [0.5, 0.6) is 0 Å². The van der Waals surface area contributed by atoms with Crippen molar-refractivity contribution in [2.24, 2.45) is 5.92 Å². The average Bonchev–Trinajstić information content (AvgIpc) is 3.35. The lowest BCUT2D eigenvalue weighted by Crippen LogP contribution is -2.31. The van der Waals surface area contributed by atoms with E-state index in [1.807, 2.05) is 0 Å². The number of carbonyl (C=O) groups is 2. The van der Waals surface area contributed by atoms with Crippen molar-refractivity contribution in [1.29, 1.82) is 0 Å². The van der Waals surface area contributed by atoms with Gasteiger partial charge < -0.3 is 10.4 Å². The van der Waals surface area contributed by atoms with Gasteiger partial charge in [0, 0.05) is 23.5 Å². The number of nitrogens with one attached hydrogen (secondary N) is 1. The SMILES string of the molecule is CC(CNC(=O)c1cc(C2CC2)nc2ccc(F)cc12)C(=O)O. The topological polar surface area (TPSA) is 79.3 Å². The van der Waals surface area contributed by atoms with Crippen molar-refractivity contribution in [2.45, 2.75) is 25.7 Å². The first-order valence-corrected chi connectivity index (χ1v) is 7.57. The third-order valence-electron chi connectivity index (χ3n) is 4.02. The van der Waals surface area contributed by atoms with Crippen LogP contribution in [0.1, 0.15) is 41.7 Å². The van der Waals surface area contributed by atoms with Gasteiger partial charge >= 0.3 is 5.97 Å². The molecule has 1 amide bonds. The zero-order valence-electron chi connectivity index (χ0n) is 12.7. The Morgan fingerprint density at radius 3 is 2.78 bits per heavy atom. The fraction of sp³-hybridized carbons (Fsp3) is 0.353. The van der Waals surface area contributed by atoms with E-state index in [-0.39, 0.29) is 6.54 Å². The van der Waals surface area contributed by atoms with Gasteiger partial charge in [-0.1, -0.05) is 6.92 Å². The first-order chi connectivity index (χ1) is 11.0. The lowest BCUT2D eigenvalue weighted by molar-refractivity contribution is -0.140. The van der Waals surface area contributed by atoms with E-state index in [4.69, 9.17) is 5.11 Å². The molecule has 2 N–H and O–H groups in total. The minimum Gasteiger partial charge on any atom is -0.481 e. The van der Waals surface area contributed by atoms with E-state index in [1.54, 1.807) is 12.1 Å². The Morgan fingerprint density at radius 1 is 1.39 bits per heavy atom. The molecule has 2 aromatic rings. The first-order valence-electron chi connectivity index (χ1n) is 7.57. The highest BCUT2D eigenvalue weighted by molar-refractivity contribution is 6.06. The molecule has 0 saturated heterocycles. The number of fused-ring (bicyclic) bond motifs is 1. The monoisotopic (exact) mass is 316 g/mol. The van der Waals surface area contributed by atoms with Crippen molar-refractivity contribution in [1.82, 2.24) is 10.3 Å². The maximum atomic E-state index is 13.5. The summed E-state index contributed by atoms with van der Waals surface area (Å²) in [5, 5.41) is 11.9. The zero-order chi connectivity index (χ0) is 16.6. The van der Waals surface area contributed by atoms with E-state index in [0.717, 1.165) is 18.5 Å². The third kappa shape index (κ3) is 3.31. The Bertz CT molecular complexity index is 787. The number of benzene rings is 1.